The third kappa shape index (κ3) is 5.66. The normalized spacial score (nSPS) is 33.5. The van der Waals surface area contributed by atoms with Crippen molar-refractivity contribution in [2.45, 2.75) is 58.0 Å². The topological polar surface area (TPSA) is 91.2 Å². The molecule has 0 aromatic carbocycles. The standard InChI is InChI=1S/C12H25O6PS/c1-8(2)7-10-12(11(14)9(3)17-10)18-19(15,20)16-6-4-5-13/h8-14H,4-7H2,1-3H3,(H,15,20)/p-1/t9-,10+,11-,12+,19?/m0/s1. The molecule has 8 heteroatoms. The Morgan fingerprint density at radius 1 is 1.45 bits per heavy atom. The van der Waals surface area contributed by atoms with E-state index in [1.807, 2.05) is 13.8 Å². The molecule has 20 heavy (non-hydrogen) atoms. The Balaban J connectivity index is 2.63. The van der Waals surface area contributed by atoms with Crippen LogP contribution in [0.3, 0.4) is 0 Å². The maximum absolute atomic E-state index is 12.1. The second kappa shape index (κ2) is 8.15. The predicted octanol–water partition coefficient (Wildman–Crippen LogP) is 0.550. The molecule has 0 aliphatic carbocycles. The molecule has 6 nitrogen and oxygen atoms in total. The van der Waals surface area contributed by atoms with Crippen LogP contribution in [0.25, 0.3) is 0 Å². The second-order valence-corrected chi connectivity index (χ2v) is 8.13. The highest BCUT2D eigenvalue weighted by Crippen LogP contribution is 2.44. The number of aliphatic hydroxyl groups excluding tert-OH is 2. The van der Waals surface area contributed by atoms with Crippen molar-refractivity contribution in [3.63, 3.8) is 0 Å². The van der Waals surface area contributed by atoms with Crippen molar-refractivity contribution in [2.24, 2.45) is 5.92 Å². The van der Waals surface area contributed by atoms with Gasteiger partial charge in [-0.3, -0.25) is 0 Å². The lowest BCUT2D eigenvalue weighted by molar-refractivity contribution is -0.214. The summed E-state index contributed by atoms with van der Waals surface area (Å²) in [6.07, 6.45) is -1.35. The summed E-state index contributed by atoms with van der Waals surface area (Å²) in [6, 6.07) is 0. The van der Waals surface area contributed by atoms with Crippen molar-refractivity contribution >= 4 is 18.5 Å². The number of hydrogen-bond donors (Lipinski definition) is 2. The van der Waals surface area contributed by atoms with Gasteiger partial charge in [0.25, 0.3) is 0 Å². The molecule has 0 saturated carbocycles. The molecule has 0 spiro atoms. The fraction of sp³-hybridized carbons (Fsp3) is 1.00. The zero-order valence-corrected chi connectivity index (χ0v) is 13.8. The van der Waals surface area contributed by atoms with Crippen LogP contribution in [-0.4, -0.2) is 47.8 Å². The highest BCUT2D eigenvalue weighted by atomic mass is 32.5. The molecule has 0 radical (unpaired) electrons. The molecule has 0 aromatic rings. The van der Waals surface area contributed by atoms with Crippen molar-refractivity contribution in [3.05, 3.63) is 0 Å². The Hall–Kier alpha value is 0.410. The van der Waals surface area contributed by atoms with Gasteiger partial charge < -0.3 is 28.9 Å². The van der Waals surface area contributed by atoms with Crippen LogP contribution in [0.5, 0.6) is 0 Å². The molecule has 1 saturated heterocycles. The minimum Gasteiger partial charge on any atom is -0.780 e. The van der Waals surface area contributed by atoms with Crippen LogP contribution < -0.4 is 4.89 Å². The molecule has 0 aromatic heterocycles. The summed E-state index contributed by atoms with van der Waals surface area (Å²) in [5, 5.41) is 18.7. The Bertz CT molecular complexity index is 338. The van der Waals surface area contributed by atoms with Crippen molar-refractivity contribution < 1.29 is 28.9 Å². The Kier molecular flexibility index (Phi) is 7.52. The Morgan fingerprint density at radius 3 is 2.65 bits per heavy atom. The SMILES string of the molecule is CC(C)C[C@H]1O[C@@H](C)[C@H](O)[C@@H]1OP([O-])(=S)OCCCO. The fourth-order valence-corrected chi connectivity index (χ4v) is 3.62. The first-order valence-electron chi connectivity index (χ1n) is 6.85. The van der Waals surface area contributed by atoms with E-state index in [0.717, 1.165) is 0 Å². The molecule has 1 heterocycles. The Labute approximate surface area is 125 Å². The molecule has 1 aliphatic rings. The van der Waals surface area contributed by atoms with Crippen molar-refractivity contribution in [1.82, 2.24) is 0 Å². The van der Waals surface area contributed by atoms with Crippen molar-refractivity contribution in [2.75, 3.05) is 13.2 Å². The van der Waals surface area contributed by atoms with E-state index in [9.17, 15) is 10.00 Å². The van der Waals surface area contributed by atoms with Crippen LogP contribution in [0.2, 0.25) is 0 Å². The summed E-state index contributed by atoms with van der Waals surface area (Å²) in [7, 11) is 0. The van der Waals surface area contributed by atoms with E-state index < -0.39 is 25.0 Å². The maximum Gasteiger partial charge on any atom is 0.118 e. The largest absolute Gasteiger partial charge is 0.780 e. The van der Waals surface area contributed by atoms with Gasteiger partial charge >= 0.3 is 0 Å². The highest BCUT2D eigenvalue weighted by molar-refractivity contribution is 8.06. The van der Waals surface area contributed by atoms with Gasteiger partial charge in [-0.25, -0.2) is 0 Å². The summed E-state index contributed by atoms with van der Waals surface area (Å²) < 4.78 is 16.0. The average Bonchev–Trinajstić information content (AvgIpc) is 2.56. The summed E-state index contributed by atoms with van der Waals surface area (Å²) >= 11 is 4.81. The number of aliphatic hydroxyl groups is 2. The van der Waals surface area contributed by atoms with E-state index in [1.165, 1.54) is 0 Å². The average molecular weight is 327 g/mol. The van der Waals surface area contributed by atoms with Gasteiger partial charge in [-0.05, 0) is 25.7 Å². The first-order valence-corrected chi connectivity index (χ1v) is 9.41. The first kappa shape index (κ1) is 18.5. The third-order valence-corrected chi connectivity index (χ3v) is 4.65. The first-order chi connectivity index (χ1) is 9.26. The monoisotopic (exact) mass is 327 g/mol. The summed E-state index contributed by atoms with van der Waals surface area (Å²) in [5.41, 5.74) is 0. The molecule has 1 unspecified atom stereocenters. The molecule has 2 N–H and O–H groups in total. The van der Waals surface area contributed by atoms with Crippen LogP contribution in [-0.2, 0) is 25.6 Å². The fourth-order valence-electron chi connectivity index (χ4n) is 2.13. The molecular formula is C12H24O6PS-. The lowest BCUT2D eigenvalue weighted by Gasteiger charge is -2.33. The quantitative estimate of drug-likeness (QED) is 0.497. The van der Waals surface area contributed by atoms with E-state index in [4.69, 9.17) is 30.7 Å². The van der Waals surface area contributed by atoms with Crippen molar-refractivity contribution in [3.8, 4) is 0 Å². The van der Waals surface area contributed by atoms with Crippen LogP contribution in [0.1, 0.15) is 33.6 Å². The van der Waals surface area contributed by atoms with Crippen molar-refractivity contribution in [1.29, 1.82) is 0 Å². The lowest BCUT2D eigenvalue weighted by Crippen LogP contribution is -2.36. The number of ether oxygens (including phenoxy) is 1. The van der Waals surface area contributed by atoms with E-state index in [2.05, 4.69) is 0 Å². The third-order valence-electron chi connectivity index (χ3n) is 3.08. The van der Waals surface area contributed by atoms with Crippen LogP contribution in [0.15, 0.2) is 0 Å². The van der Waals surface area contributed by atoms with Gasteiger partial charge in [0.15, 0.2) is 0 Å². The molecule has 1 fully saturated rings. The summed E-state index contributed by atoms with van der Waals surface area (Å²) in [6.45, 7) is 2.10. The minimum absolute atomic E-state index is 0.0609. The minimum atomic E-state index is -3.68. The van der Waals surface area contributed by atoms with Gasteiger partial charge in [0.2, 0.25) is 0 Å². The highest BCUT2D eigenvalue weighted by Gasteiger charge is 2.43. The van der Waals surface area contributed by atoms with E-state index >= 15 is 0 Å². The van der Waals surface area contributed by atoms with Crippen LogP contribution >= 0.6 is 6.72 Å². The van der Waals surface area contributed by atoms with Gasteiger partial charge in [-0.1, -0.05) is 25.7 Å². The van der Waals surface area contributed by atoms with Crippen LogP contribution in [0.4, 0.5) is 0 Å². The van der Waals surface area contributed by atoms with Gasteiger partial charge in [0, 0.05) is 6.61 Å². The number of hydrogen-bond acceptors (Lipinski definition) is 7. The zero-order chi connectivity index (χ0) is 15.3. The van der Waals surface area contributed by atoms with Gasteiger partial charge in [0.05, 0.1) is 18.8 Å². The van der Waals surface area contributed by atoms with Gasteiger partial charge in [-0.15, -0.1) is 0 Å². The molecular weight excluding hydrogens is 303 g/mol. The van der Waals surface area contributed by atoms with E-state index in [0.29, 0.717) is 18.8 Å². The molecule has 1 rings (SSSR count). The smallest absolute Gasteiger partial charge is 0.118 e. The molecule has 120 valence electrons. The molecule has 5 atom stereocenters. The molecule has 0 amide bonds. The number of rotatable bonds is 8. The molecule has 1 aliphatic heterocycles. The lowest BCUT2D eigenvalue weighted by atomic mass is 10.00. The summed E-state index contributed by atoms with van der Waals surface area (Å²) in [5.74, 6) is 0.350. The molecule has 0 bridgehead atoms. The Morgan fingerprint density at radius 2 is 2.10 bits per heavy atom. The predicted molar refractivity (Wildman–Crippen MR) is 76.6 cm³/mol. The van der Waals surface area contributed by atoms with Gasteiger partial charge in [0.1, 0.15) is 18.9 Å². The van der Waals surface area contributed by atoms with E-state index in [1.54, 1.807) is 6.92 Å². The van der Waals surface area contributed by atoms with E-state index in [-0.39, 0.29) is 19.3 Å². The maximum atomic E-state index is 12.1. The zero-order valence-electron chi connectivity index (χ0n) is 12.1. The van der Waals surface area contributed by atoms with Crippen LogP contribution in [0, 0.1) is 5.92 Å². The summed E-state index contributed by atoms with van der Waals surface area (Å²) in [4.78, 5) is 12.1. The van der Waals surface area contributed by atoms with Gasteiger partial charge in [-0.2, -0.15) is 0 Å². The second-order valence-electron chi connectivity index (χ2n) is 5.43.